The standard InChI is InChI=1S/C15H17NO3/c1-10-4-5-16-14(6-10)15(17)11-7-12(18-2)9-13(8-11)19-3/h4-9,15,17H,1-3H3. The summed E-state index contributed by atoms with van der Waals surface area (Å²) >= 11 is 0. The zero-order valence-electron chi connectivity index (χ0n) is 11.3. The second kappa shape index (κ2) is 5.71. The molecule has 19 heavy (non-hydrogen) atoms. The molecule has 0 spiro atoms. The van der Waals surface area contributed by atoms with E-state index < -0.39 is 6.10 Å². The quantitative estimate of drug-likeness (QED) is 0.916. The molecule has 4 nitrogen and oxygen atoms in total. The molecule has 1 aromatic carbocycles. The summed E-state index contributed by atoms with van der Waals surface area (Å²) < 4.78 is 10.4. The number of aromatic nitrogens is 1. The third kappa shape index (κ3) is 3.03. The molecule has 0 bridgehead atoms. The van der Waals surface area contributed by atoms with Crippen molar-refractivity contribution in [3.63, 3.8) is 0 Å². The molecular formula is C15H17NO3. The van der Waals surface area contributed by atoms with E-state index in [4.69, 9.17) is 9.47 Å². The zero-order valence-corrected chi connectivity index (χ0v) is 11.3. The zero-order chi connectivity index (χ0) is 13.8. The topological polar surface area (TPSA) is 51.6 Å². The first-order valence-electron chi connectivity index (χ1n) is 5.97. The van der Waals surface area contributed by atoms with Crippen LogP contribution in [0.15, 0.2) is 36.5 Å². The van der Waals surface area contributed by atoms with Gasteiger partial charge in [-0.05, 0) is 42.3 Å². The number of nitrogens with zero attached hydrogens (tertiary/aromatic N) is 1. The molecule has 0 aliphatic rings. The van der Waals surface area contributed by atoms with Gasteiger partial charge in [-0.3, -0.25) is 4.98 Å². The number of hydrogen-bond donors (Lipinski definition) is 1. The molecule has 1 aromatic heterocycles. The van der Waals surface area contributed by atoms with Crippen molar-refractivity contribution < 1.29 is 14.6 Å². The number of aryl methyl sites for hydroxylation is 1. The minimum absolute atomic E-state index is 0.607. The van der Waals surface area contributed by atoms with Crippen LogP contribution in [0.1, 0.15) is 22.9 Å². The first kappa shape index (κ1) is 13.4. The Morgan fingerprint density at radius 3 is 2.21 bits per heavy atom. The molecule has 100 valence electrons. The molecule has 0 aliphatic heterocycles. The SMILES string of the molecule is COc1cc(OC)cc(C(O)c2cc(C)ccn2)c1. The monoisotopic (exact) mass is 259 g/mol. The lowest BCUT2D eigenvalue weighted by atomic mass is 10.0. The van der Waals surface area contributed by atoms with E-state index in [0.717, 1.165) is 5.56 Å². The lowest BCUT2D eigenvalue weighted by Gasteiger charge is -2.14. The molecule has 0 aliphatic carbocycles. The van der Waals surface area contributed by atoms with Crippen molar-refractivity contribution in [1.82, 2.24) is 4.98 Å². The molecular weight excluding hydrogens is 242 g/mol. The lowest BCUT2D eigenvalue weighted by Crippen LogP contribution is -2.03. The van der Waals surface area contributed by atoms with Gasteiger partial charge < -0.3 is 14.6 Å². The number of pyridine rings is 1. The summed E-state index contributed by atoms with van der Waals surface area (Å²) in [6.07, 6.45) is 0.884. The Morgan fingerprint density at radius 1 is 1.05 bits per heavy atom. The van der Waals surface area contributed by atoms with E-state index in [1.54, 1.807) is 38.6 Å². The molecule has 1 heterocycles. The van der Waals surface area contributed by atoms with Crippen LogP contribution in [0.25, 0.3) is 0 Å². The normalized spacial score (nSPS) is 12.0. The van der Waals surface area contributed by atoms with Gasteiger partial charge in [-0.1, -0.05) is 0 Å². The summed E-state index contributed by atoms with van der Waals surface area (Å²) in [5, 5.41) is 10.4. The summed E-state index contributed by atoms with van der Waals surface area (Å²) in [6.45, 7) is 1.96. The highest BCUT2D eigenvalue weighted by Gasteiger charge is 2.14. The number of hydrogen-bond acceptors (Lipinski definition) is 4. The van der Waals surface area contributed by atoms with Crippen LogP contribution in [0.2, 0.25) is 0 Å². The van der Waals surface area contributed by atoms with Gasteiger partial charge in [-0.15, -0.1) is 0 Å². The summed E-state index contributed by atoms with van der Waals surface area (Å²) in [7, 11) is 3.16. The molecule has 2 aromatic rings. The fourth-order valence-electron chi connectivity index (χ4n) is 1.87. The van der Waals surface area contributed by atoms with Crippen molar-refractivity contribution in [3.05, 3.63) is 53.3 Å². The minimum atomic E-state index is -0.802. The lowest BCUT2D eigenvalue weighted by molar-refractivity contribution is 0.214. The van der Waals surface area contributed by atoms with Crippen molar-refractivity contribution in [1.29, 1.82) is 0 Å². The molecule has 0 radical (unpaired) electrons. The van der Waals surface area contributed by atoms with E-state index in [-0.39, 0.29) is 0 Å². The third-order valence-electron chi connectivity index (χ3n) is 2.91. The maximum Gasteiger partial charge on any atom is 0.122 e. The van der Waals surface area contributed by atoms with Crippen LogP contribution in [0, 0.1) is 6.92 Å². The third-order valence-corrected chi connectivity index (χ3v) is 2.91. The van der Waals surface area contributed by atoms with Gasteiger partial charge in [-0.25, -0.2) is 0 Å². The Hall–Kier alpha value is -2.07. The van der Waals surface area contributed by atoms with E-state index in [2.05, 4.69) is 4.98 Å². The molecule has 0 amide bonds. The molecule has 2 rings (SSSR count). The molecule has 1 unspecified atom stereocenters. The smallest absolute Gasteiger partial charge is 0.122 e. The number of methoxy groups -OCH3 is 2. The van der Waals surface area contributed by atoms with Gasteiger partial charge in [0.15, 0.2) is 0 Å². The Balaban J connectivity index is 2.40. The molecule has 4 heteroatoms. The van der Waals surface area contributed by atoms with Gasteiger partial charge in [-0.2, -0.15) is 0 Å². The fraction of sp³-hybridized carbons (Fsp3) is 0.267. The number of aliphatic hydroxyl groups is 1. The predicted molar refractivity (Wildman–Crippen MR) is 72.6 cm³/mol. The van der Waals surface area contributed by atoms with Crippen molar-refractivity contribution in [2.45, 2.75) is 13.0 Å². The molecule has 0 saturated heterocycles. The highest BCUT2D eigenvalue weighted by Crippen LogP contribution is 2.29. The van der Waals surface area contributed by atoms with E-state index in [0.29, 0.717) is 22.8 Å². The van der Waals surface area contributed by atoms with Crippen LogP contribution in [-0.4, -0.2) is 24.3 Å². The van der Waals surface area contributed by atoms with Crippen LogP contribution in [0.3, 0.4) is 0 Å². The van der Waals surface area contributed by atoms with E-state index in [1.165, 1.54) is 0 Å². The maximum absolute atomic E-state index is 10.4. The molecule has 1 N–H and O–H groups in total. The van der Waals surface area contributed by atoms with Gasteiger partial charge in [0.05, 0.1) is 19.9 Å². The van der Waals surface area contributed by atoms with Crippen LogP contribution < -0.4 is 9.47 Å². The summed E-state index contributed by atoms with van der Waals surface area (Å²) in [5.74, 6) is 1.28. The number of benzene rings is 1. The van der Waals surface area contributed by atoms with Crippen LogP contribution in [0.5, 0.6) is 11.5 Å². The van der Waals surface area contributed by atoms with Crippen LogP contribution >= 0.6 is 0 Å². The van der Waals surface area contributed by atoms with Crippen molar-refractivity contribution in [2.24, 2.45) is 0 Å². The first-order chi connectivity index (χ1) is 9.13. The maximum atomic E-state index is 10.4. The molecule has 1 atom stereocenters. The van der Waals surface area contributed by atoms with E-state index in [1.807, 2.05) is 19.1 Å². The molecule has 0 fully saturated rings. The van der Waals surface area contributed by atoms with E-state index >= 15 is 0 Å². The number of aliphatic hydroxyl groups excluding tert-OH is 1. The van der Waals surface area contributed by atoms with Gasteiger partial charge >= 0.3 is 0 Å². The Kier molecular flexibility index (Phi) is 4.02. The van der Waals surface area contributed by atoms with E-state index in [9.17, 15) is 5.11 Å². The Morgan fingerprint density at radius 2 is 1.68 bits per heavy atom. The van der Waals surface area contributed by atoms with Crippen molar-refractivity contribution in [3.8, 4) is 11.5 Å². The Bertz CT molecular complexity index is 547. The largest absolute Gasteiger partial charge is 0.497 e. The van der Waals surface area contributed by atoms with Gasteiger partial charge in [0, 0.05) is 12.3 Å². The van der Waals surface area contributed by atoms with Gasteiger partial charge in [0.25, 0.3) is 0 Å². The second-order valence-corrected chi connectivity index (χ2v) is 4.31. The second-order valence-electron chi connectivity index (χ2n) is 4.31. The van der Waals surface area contributed by atoms with Crippen molar-refractivity contribution >= 4 is 0 Å². The van der Waals surface area contributed by atoms with Gasteiger partial charge in [0.1, 0.15) is 17.6 Å². The van der Waals surface area contributed by atoms with Crippen LogP contribution in [0.4, 0.5) is 0 Å². The highest BCUT2D eigenvalue weighted by molar-refractivity contribution is 5.41. The fourth-order valence-corrected chi connectivity index (χ4v) is 1.87. The summed E-state index contributed by atoms with van der Waals surface area (Å²) in [5.41, 5.74) is 2.35. The Labute approximate surface area is 112 Å². The summed E-state index contributed by atoms with van der Waals surface area (Å²) in [6, 6.07) is 9.06. The van der Waals surface area contributed by atoms with Crippen LogP contribution in [-0.2, 0) is 0 Å². The number of ether oxygens (including phenoxy) is 2. The minimum Gasteiger partial charge on any atom is -0.497 e. The summed E-state index contributed by atoms with van der Waals surface area (Å²) in [4.78, 5) is 4.20. The average molecular weight is 259 g/mol. The highest BCUT2D eigenvalue weighted by atomic mass is 16.5. The predicted octanol–water partition coefficient (Wildman–Crippen LogP) is 2.49. The van der Waals surface area contributed by atoms with Crippen molar-refractivity contribution in [2.75, 3.05) is 14.2 Å². The first-order valence-corrected chi connectivity index (χ1v) is 5.97. The average Bonchev–Trinajstić information content (AvgIpc) is 2.45. The number of rotatable bonds is 4. The molecule has 0 saturated carbocycles. The van der Waals surface area contributed by atoms with Gasteiger partial charge in [0.2, 0.25) is 0 Å².